The number of carbonyl (C=O) groups is 1. The molecule has 2 heterocycles. The van der Waals surface area contributed by atoms with Gasteiger partial charge >= 0.3 is 5.97 Å². The molecule has 0 saturated carbocycles. The zero-order valence-electron chi connectivity index (χ0n) is 22.2. The van der Waals surface area contributed by atoms with Gasteiger partial charge in [0.1, 0.15) is 23.0 Å². The minimum absolute atomic E-state index is 0.203. The van der Waals surface area contributed by atoms with Crippen molar-refractivity contribution in [3.8, 4) is 23.0 Å². The van der Waals surface area contributed by atoms with Gasteiger partial charge in [-0.1, -0.05) is 66.7 Å². The smallest absolute Gasteiger partial charge is 0.344 e. The molecule has 0 aromatic heterocycles. The number of hydrogen-bond donors (Lipinski definition) is 0. The van der Waals surface area contributed by atoms with Crippen LogP contribution in [0.3, 0.4) is 0 Å². The molecule has 0 spiro atoms. The molecule has 0 N–H and O–H groups in total. The Morgan fingerprint density at radius 2 is 1.45 bits per heavy atom. The van der Waals surface area contributed by atoms with Crippen LogP contribution in [0.15, 0.2) is 103 Å². The van der Waals surface area contributed by atoms with Crippen molar-refractivity contribution in [2.75, 3.05) is 14.2 Å². The average Bonchev–Trinajstić information content (AvgIpc) is 3.33. The number of carbonyl (C=O) groups excluding carboxylic acids is 1. The van der Waals surface area contributed by atoms with E-state index in [4.69, 9.17) is 18.9 Å². The second kappa shape index (κ2) is 9.74. The van der Waals surface area contributed by atoms with E-state index in [9.17, 15) is 4.79 Å². The SMILES string of the molecule is COc1ccc([C@H]2c3cc4c5c(cccc5c3O[C@H](c3ccc(OC)cc3)N2Cc2ccccc2)C(=O)O4)cc1. The van der Waals surface area contributed by atoms with E-state index in [1.807, 2.05) is 72.8 Å². The number of hydrogen-bond acceptors (Lipinski definition) is 6. The molecule has 198 valence electrons. The highest BCUT2D eigenvalue weighted by atomic mass is 16.5. The summed E-state index contributed by atoms with van der Waals surface area (Å²) in [4.78, 5) is 15.1. The Labute approximate surface area is 232 Å². The molecule has 0 bridgehead atoms. The van der Waals surface area contributed by atoms with Gasteiger partial charge in [-0.2, -0.15) is 0 Å². The highest BCUT2D eigenvalue weighted by Crippen LogP contribution is 2.53. The van der Waals surface area contributed by atoms with Gasteiger partial charge in [0, 0.05) is 28.4 Å². The standard InChI is InChI=1S/C34H27NO5/c1-37-24-15-11-22(12-16-24)31-28-19-29-30-26(9-6-10-27(30)34(36)39-29)32(28)40-33(23-13-17-25(38-2)18-14-23)35(31)20-21-7-4-3-5-8-21/h3-19,31,33H,20H2,1-2H3/t31-,33+/m0/s1. The normalized spacial score (nSPS) is 17.7. The van der Waals surface area contributed by atoms with Crippen LogP contribution in [0.1, 0.15) is 44.9 Å². The minimum Gasteiger partial charge on any atom is -0.497 e. The Morgan fingerprint density at radius 1 is 0.775 bits per heavy atom. The van der Waals surface area contributed by atoms with Crippen LogP contribution in [-0.4, -0.2) is 25.1 Å². The Kier molecular flexibility index (Phi) is 5.90. The molecule has 2 aliphatic rings. The van der Waals surface area contributed by atoms with E-state index in [0.29, 0.717) is 17.9 Å². The number of ether oxygens (including phenoxy) is 4. The molecule has 6 heteroatoms. The summed E-state index contributed by atoms with van der Waals surface area (Å²) in [6, 6.07) is 34.0. The van der Waals surface area contributed by atoms with Crippen molar-refractivity contribution < 1.29 is 23.7 Å². The van der Waals surface area contributed by atoms with E-state index in [1.54, 1.807) is 20.3 Å². The summed E-state index contributed by atoms with van der Waals surface area (Å²) in [7, 11) is 3.33. The molecular formula is C34H27NO5. The lowest BCUT2D eigenvalue weighted by atomic mass is 9.89. The van der Waals surface area contributed by atoms with Crippen LogP contribution in [0.4, 0.5) is 0 Å². The summed E-state index contributed by atoms with van der Waals surface area (Å²) in [6.45, 7) is 0.626. The van der Waals surface area contributed by atoms with E-state index in [2.05, 4.69) is 29.2 Å². The average molecular weight is 530 g/mol. The molecule has 5 aromatic rings. The van der Waals surface area contributed by atoms with Crippen molar-refractivity contribution in [2.24, 2.45) is 0 Å². The Balaban J connectivity index is 1.48. The van der Waals surface area contributed by atoms with Gasteiger partial charge < -0.3 is 18.9 Å². The fourth-order valence-electron chi connectivity index (χ4n) is 5.83. The van der Waals surface area contributed by atoms with Gasteiger partial charge in [-0.05, 0) is 47.5 Å². The first kappa shape index (κ1) is 24.2. The topological polar surface area (TPSA) is 57.2 Å². The molecule has 2 aliphatic heterocycles. The van der Waals surface area contributed by atoms with Crippen LogP contribution in [0, 0.1) is 0 Å². The largest absolute Gasteiger partial charge is 0.497 e. The maximum Gasteiger partial charge on any atom is 0.344 e. The van der Waals surface area contributed by atoms with Gasteiger partial charge in [0.05, 0.1) is 25.8 Å². The van der Waals surface area contributed by atoms with Crippen molar-refractivity contribution in [2.45, 2.75) is 18.8 Å². The monoisotopic (exact) mass is 529 g/mol. The third-order valence-electron chi connectivity index (χ3n) is 7.72. The number of esters is 1. The maximum absolute atomic E-state index is 12.7. The lowest BCUT2D eigenvalue weighted by molar-refractivity contribution is -0.0247. The zero-order valence-corrected chi connectivity index (χ0v) is 22.2. The highest BCUT2D eigenvalue weighted by molar-refractivity contribution is 6.14. The van der Waals surface area contributed by atoms with Gasteiger partial charge in [0.25, 0.3) is 0 Å². The summed E-state index contributed by atoms with van der Waals surface area (Å²) < 4.78 is 23.6. The predicted octanol–water partition coefficient (Wildman–Crippen LogP) is 7.07. The first-order valence-electron chi connectivity index (χ1n) is 13.2. The van der Waals surface area contributed by atoms with E-state index >= 15 is 0 Å². The van der Waals surface area contributed by atoms with Crippen molar-refractivity contribution in [1.82, 2.24) is 4.90 Å². The molecular weight excluding hydrogens is 502 g/mol. The molecule has 0 fully saturated rings. The second-order valence-electron chi connectivity index (χ2n) is 9.99. The minimum atomic E-state index is -0.416. The van der Waals surface area contributed by atoms with E-state index in [-0.39, 0.29) is 12.0 Å². The van der Waals surface area contributed by atoms with Gasteiger partial charge in [-0.3, -0.25) is 0 Å². The van der Waals surface area contributed by atoms with Crippen molar-refractivity contribution in [3.63, 3.8) is 0 Å². The fourth-order valence-corrected chi connectivity index (χ4v) is 5.83. The number of benzene rings is 5. The van der Waals surface area contributed by atoms with Crippen LogP contribution < -0.4 is 18.9 Å². The lowest BCUT2D eigenvalue weighted by Gasteiger charge is -2.44. The van der Waals surface area contributed by atoms with Crippen molar-refractivity contribution >= 4 is 16.7 Å². The van der Waals surface area contributed by atoms with Crippen LogP contribution >= 0.6 is 0 Å². The zero-order chi connectivity index (χ0) is 27.2. The van der Waals surface area contributed by atoms with Gasteiger partial charge in [0.2, 0.25) is 0 Å². The first-order valence-corrected chi connectivity index (χ1v) is 13.2. The fraction of sp³-hybridized carbons (Fsp3) is 0.147. The lowest BCUT2D eigenvalue weighted by Crippen LogP contribution is -2.40. The van der Waals surface area contributed by atoms with E-state index in [0.717, 1.165) is 50.3 Å². The van der Waals surface area contributed by atoms with Crippen LogP contribution in [0.25, 0.3) is 10.8 Å². The van der Waals surface area contributed by atoms with Crippen LogP contribution in [0.2, 0.25) is 0 Å². The molecule has 0 aliphatic carbocycles. The van der Waals surface area contributed by atoms with E-state index in [1.165, 1.54) is 0 Å². The van der Waals surface area contributed by atoms with Gasteiger partial charge in [-0.15, -0.1) is 0 Å². The van der Waals surface area contributed by atoms with Crippen LogP contribution in [-0.2, 0) is 6.54 Å². The van der Waals surface area contributed by atoms with E-state index < -0.39 is 6.23 Å². The predicted molar refractivity (Wildman–Crippen MR) is 152 cm³/mol. The molecule has 6 nitrogen and oxygen atoms in total. The summed E-state index contributed by atoms with van der Waals surface area (Å²) in [5.74, 6) is 2.55. The van der Waals surface area contributed by atoms with Crippen molar-refractivity contribution in [1.29, 1.82) is 0 Å². The Bertz CT molecular complexity index is 1710. The molecule has 0 saturated heterocycles. The second-order valence-corrected chi connectivity index (χ2v) is 9.99. The van der Waals surface area contributed by atoms with Gasteiger partial charge in [0.15, 0.2) is 6.23 Å². The quantitative estimate of drug-likeness (QED) is 0.173. The highest BCUT2D eigenvalue weighted by Gasteiger charge is 2.41. The van der Waals surface area contributed by atoms with Crippen molar-refractivity contribution in [3.05, 3.63) is 131 Å². The summed E-state index contributed by atoms with van der Waals surface area (Å²) in [5.41, 5.74) is 4.74. The third kappa shape index (κ3) is 3.96. The Hall–Kier alpha value is -4.81. The summed E-state index contributed by atoms with van der Waals surface area (Å²) in [5, 5.41) is 1.66. The molecule has 40 heavy (non-hydrogen) atoms. The summed E-state index contributed by atoms with van der Waals surface area (Å²) in [6.07, 6.45) is -0.416. The molecule has 5 aromatic carbocycles. The number of fused-ring (bicyclic) bond motifs is 2. The van der Waals surface area contributed by atoms with Crippen LogP contribution in [0.5, 0.6) is 23.0 Å². The maximum atomic E-state index is 12.7. The molecule has 7 rings (SSSR count). The first-order chi connectivity index (χ1) is 19.6. The number of rotatable bonds is 6. The summed E-state index contributed by atoms with van der Waals surface area (Å²) >= 11 is 0. The molecule has 0 radical (unpaired) electrons. The van der Waals surface area contributed by atoms with Gasteiger partial charge in [-0.25, -0.2) is 9.69 Å². The third-order valence-corrected chi connectivity index (χ3v) is 7.72. The number of nitrogens with zero attached hydrogens (tertiary/aromatic N) is 1. The Morgan fingerprint density at radius 3 is 2.12 bits per heavy atom. The number of methoxy groups -OCH3 is 2. The molecule has 0 amide bonds. The molecule has 2 atom stereocenters. The molecule has 0 unspecified atom stereocenters.